The third-order valence-corrected chi connectivity index (χ3v) is 4.57. The lowest BCUT2D eigenvalue weighted by Gasteiger charge is -2.18. The smallest absolute Gasteiger partial charge is 0.223 e. The molecule has 0 fully saturated rings. The predicted octanol–water partition coefficient (Wildman–Crippen LogP) is 3.70. The van der Waals surface area contributed by atoms with E-state index in [9.17, 15) is 20.1 Å². The fourth-order valence-corrected chi connectivity index (χ4v) is 3.23. The fraction of sp³-hybridized carbons (Fsp3) is 0.0952. The highest BCUT2D eigenvalue weighted by atomic mass is 16.5. The lowest BCUT2D eigenvalue weighted by molar-refractivity contribution is 0.395. The molecule has 2 aliphatic rings. The first-order valence-electron chi connectivity index (χ1n) is 8.31. The summed E-state index contributed by atoms with van der Waals surface area (Å²) in [5.74, 6) is 0.156. The molecule has 1 aliphatic heterocycles. The van der Waals surface area contributed by atoms with E-state index in [4.69, 9.17) is 13.9 Å². The molecule has 4 rings (SSSR count). The number of rotatable bonds is 3. The van der Waals surface area contributed by atoms with Crippen LogP contribution in [0.4, 0.5) is 0 Å². The Bertz CT molecular complexity index is 1240. The minimum Gasteiger partial charge on any atom is -0.504 e. The van der Waals surface area contributed by atoms with Crippen LogP contribution < -0.4 is 14.9 Å². The number of benzene rings is 3. The lowest BCUT2D eigenvalue weighted by Crippen LogP contribution is -2.02. The predicted molar refractivity (Wildman–Crippen MR) is 103 cm³/mol. The molecule has 3 N–H and O–H groups in total. The van der Waals surface area contributed by atoms with Crippen LogP contribution in [0.5, 0.6) is 28.7 Å². The third kappa shape index (κ3) is 2.64. The molecule has 0 atom stereocenters. The van der Waals surface area contributed by atoms with E-state index >= 15 is 0 Å². The molecular weight excluding hydrogens is 364 g/mol. The Morgan fingerprint density at radius 2 is 1.57 bits per heavy atom. The van der Waals surface area contributed by atoms with Crippen LogP contribution in [0.2, 0.25) is 0 Å². The molecule has 7 nitrogen and oxygen atoms in total. The molecule has 0 bridgehead atoms. The van der Waals surface area contributed by atoms with Crippen LogP contribution in [0, 0.1) is 0 Å². The number of phenolic OH excluding ortho intramolecular Hbond substituents is 3. The second-order valence-electron chi connectivity index (χ2n) is 6.20. The van der Waals surface area contributed by atoms with Gasteiger partial charge < -0.3 is 29.2 Å². The van der Waals surface area contributed by atoms with Crippen molar-refractivity contribution in [3.8, 4) is 51.2 Å². The maximum atomic E-state index is 11.9. The van der Waals surface area contributed by atoms with Crippen molar-refractivity contribution in [3.63, 3.8) is 0 Å². The van der Waals surface area contributed by atoms with E-state index in [1.807, 2.05) is 0 Å². The highest BCUT2D eigenvalue weighted by Gasteiger charge is 2.23. The van der Waals surface area contributed by atoms with Gasteiger partial charge in [-0.15, -0.1) is 0 Å². The number of aromatic hydroxyl groups is 3. The summed E-state index contributed by atoms with van der Waals surface area (Å²) in [5.41, 5.74) is 1.28. The van der Waals surface area contributed by atoms with Crippen LogP contribution in [0.25, 0.3) is 33.4 Å². The molecule has 0 amide bonds. The Hall–Kier alpha value is -3.87. The van der Waals surface area contributed by atoms with Crippen molar-refractivity contribution in [3.05, 3.63) is 52.7 Å². The molecule has 7 heteroatoms. The van der Waals surface area contributed by atoms with Gasteiger partial charge in [0.25, 0.3) is 0 Å². The largest absolute Gasteiger partial charge is 0.504 e. The number of hydrogen-bond donors (Lipinski definition) is 3. The zero-order valence-electron chi connectivity index (χ0n) is 15.0. The molecule has 0 aromatic heterocycles. The summed E-state index contributed by atoms with van der Waals surface area (Å²) < 4.78 is 16.5. The summed E-state index contributed by atoms with van der Waals surface area (Å²) in [5, 5.41) is 30.3. The van der Waals surface area contributed by atoms with E-state index in [-0.39, 0.29) is 22.8 Å². The van der Waals surface area contributed by atoms with Gasteiger partial charge >= 0.3 is 0 Å². The lowest BCUT2D eigenvalue weighted by atomic mass is 9.92. The quantitative estimate of drug-likeness (QED) is 0.367. The molecule has 0 saturated carbocycles. The first-order valence-corrected chi connectivity index (χ1v) is 8.31. The topological polar surface area (TPSA) is 109 Å². The minimum absolute atomic E-state index is 0.216. The number of methoxy groups -OCH3 is 2. The monoisotopic (exact) mass is 380 g/mol. The van der Waals surface area contributed by atoms with Gasteiger partial charge in [-0.25, -0.2) is 0 Å². The summed E-state index contributed by atoms with van der Waals surface area (Å²) in [6.45, 7) is 0. The zero-order chi connectivity index (χ0) is 20.0. The molecule has 0 spiro atoms. The number of fused-ring (bicyclic) bond motifs is 2. The van der Waals surface area contributed by atoms with Crippen molar-refractivity contribution in [1.29, 1.82) is 0 Å². The van der Waals surface area contributed by atoms with Gasteiger partial charge in [0.1, 0.15) is 22.8 Å². The molecule has 2 aromatic carbocycles. The van der Waals surface area contributed by atoms with Crippen LogP contribution in [-0.2, 0) is 0 Å². The van der Waals surface area contributed by atoms with Gasteiger partial charge in [0.15, 0.2) is 17.2 Å². The minimum atomic E-state index is -0.591. The highest BCUT2D eigenvalue weighted by molar-refractivity contribution is 6.04. The van der Waals surface area contributed by atoms with Crippen LogP contribution in [0.3, 0.4) is 0 Å². The molecular formula is C21H16O7. The summed E-state index contributed by atoms with van der Waals surface area (Å²) in [4.78, 5) is 11.9. The van der Waals surface area contributed by atoms with Crippen molar-refractivity contribution < 1.29 is 29.2 Å². The Labute approximate surface area is 159 Å². The normalized spacial score (nSPS) is 11.1. The summed E-state index contributed by atoms with van der Waals surface area (Å²) in [6.07, 6.45) is 0. The Balaban J connectivity index is 2.20. The van der Waals surface area contributed by atoms with Gasteiger partial charge in [0.05, 0.1) is 14.2 Å². The third-order valence-electron chi connectivity index (χ3n) is 4.57. The molecule has 0 radical (unpaired) electrons. The van der Waals surface area contributed by atoms with Crippen molar-refractivity contribution in [1.82, 2.24) is 0 Å². The maximum absolute atomic E-state index is 11.9. The van der Waals surface area contributed by atoms with E-state index in [0.717, 1.165) is 0 Å². The average molecular weight is 380 g/mol. The summed E-state index contributed by atoms with van der Waals surface area (Å²) >= 11 is 0. The Morgan fingerprint density at radius 1 is 0.821 bits per heavy atom. The standard InChI is InChI=1S/C21H16O7/c1-26-10-3-4-11(18(5-10)27-2)21-12-6-14(22)16(24)8-19(12)28-20-9-17(25)15(23)7-13(20)21/h3-9,22-24H,1-2H3. The molecule has 0 saturated heterocycles. The van der Waals surface area contributed by atoms with E-state index in [1.54, 1.807) is 18.2 Å². The van der Waals surface area contributed by atoms with Gasteiger partial charge in [0.2, 0.25) is 5.43 Å². The van der Waals surface area contributed by atoms with Crippen LogP contribution in [0.15, 0.2) is 51.7 Å². The van der Waals surface area contributed by atoms with Gasteiger partial charge in [-0.1, -0.05) is 0 Å². The second kappa shape index (κ2) is 6.38. The van der Waals surface area contributed by atoms with E-state index in [1.165, 1.54) is 38.5 Å². The highest BCUT2D eigenvalue weighted by Crippen LogP contribution is 2.46. The van der Waals surface area contributed by atoms with Crippen molar-refractivity contribution in [2.45, 2.75) is 0 Å². The van der Waals surface area contributed by atoms with Gasteiger partial charge in [0, 0.05) is 40.3 Å². The second-order valence-corrected chi connectivity index (χ2v) is 6.20. The van der Waals surface area contributed by atoms with E-state index in [2.05, 4.69) is 0 Å². The fourth-order valence-electron chi connectivity index (χ4n) is 3.23. The van der Waals surface area contributed by atoms with Gasteiger partial charge in [-0.3, -0.25) is 4.79 Å². The van der Waals surface area contributed by atoms with Gasteiger partial charge in [-0.05, 0) is 24.3 Å². The van der Waals surface area contributed by atoms with Crippen LogP contribution in [-0.4, -0.2) is 29.5 Å². The Kier molecular flexibility index (Phi) is 4.00. The van der Waals surface area contributed by atoms with Crippen molar-refractivity contribution >= 4 is 11.0 Å². The molecule has 2 aromatic rings. The average Bonchev–Trinajstić information content (AvgIpc) is 2.68. The first kappa shape index (κ1) is 17.5. The summed E-state index contributed by atoms with van der Waals surface area (Å²) in [6, 6.07) is 10.3. The van der Waals surface area contributed by atoms with E-state index in [0.29, 0.717) is 33.6 Å². The summed E-state index contributed by atoms with van der Waals surface area (Å²) in [7, 11) is 3.04. The van der Waals surface area contributed by atoms with Crippen LogP contribution in [0.1, 0.15) is 0 Å². The molecule has 28 heavy (non-hydrogen) atoms. The maximum Gasteiger partial charge on any atom is 0.223 e. The van der Waals surface area contributed by atoms with Crippen LogP contribution >= 0.6 is 0 Å². The first-order chi connectivity index (χ1) is 13.4. The van der Waals surface area contributed by atoms with Crippen molar-refractivity contribution in [2.24, 2.45) is 0 Å². The Morgan fingerprint density at radius 3 is 2.29 bits per heavy atom. The molecule has 1 aliphatic carbocycles. The molecule has 1 heterocycles. The van der Waals surface area contributed by atoms with Crippen molar-refractivity contribution in [2.75, 3.05) is 14.2 Å². The zero-order valence-corrected chi connectivity index (χ0v) is 15.0. The number of phenols is 3. The SMILES string of the molecule is COc1ccc(-c2c3cc(O)c(=O)cc-3oc3cc(O)c(O)cc23)c(OC)c1. The molecule has 0 unspecified atom stereocenters. The number of ether oxygens (including phenoxy) is 2. The van der Waals surface area contributed by atoms with Gasteiger partial charge in [-0.2, -0.15) is 0 Å². The molecule has 142 valence electrons. The number of hydrogen-bond acceptors (Lipinski definition) is 7. The van der Waals surface area contributed by atoms with E-state index < -0.39 is 11.2 Å².